The third kappa shape index (κ3) is 11.4. The van der Waals surface area contributed by atoms with E-state index in [0.717, 1.165) is 12.0 Å². The molecule has 0 N–H and O–H groups in total. The molecule has 0 aliphatic carbocycles. The van der Waals surface area contributed by atoms with Crippen LogP contribution < -0.4 is 39.4 Å². The summed E-state index contributed by atoms with van der Waals surface area (Å²) in [7, 11) is 0. The Balaban J connectivity index is 0.00000576. The zero-order chi connectivity index (χ0) is 17.6. The number of aryl methyl sites for hydroxylation is 1. The quantitative estimate of drug-likeness (QED) is 0.222. The molecule has 0 fully saturated rings. The van der Waals surface area contributed by atoms with Gasteiger partial charge in [0.15, 0.2) is 0 Å². The Kier molecular flexibility index (Phi) is 14.8. The Hall–Kier alpha value is -0.890. The van der Waals surface area contributed by atoms with Crippen LogP contribution in [-0.4, -0.2) is 52.2 Å². The molecule has 1 rings (SSSR count). The Morgan fingerprint density at radius 3 is 2.20 bits per heavy atom. The Bertz CT molecular complexity index is 506. The fourth-order valence-corrected chi connectivity index (χ4v) is 1.89. The third-order valence-corrected chi connectivity index (χ3v) is 3.09. The molecule has 0 aromatic heterocycles. The smallest absolute Gasteiger partial charge is 0.545 e. The van der Waals surface area contributed by atoms with Gasteiger partial charge >= 0.3 is 29.6 Å². The van der Waals surface area contributed by atoms with E-state index < -0.39 is 5.97 Å². The van der Waals surface area contributed by atoms with Crippen molar-refractivity contribution in [1.82, 2.24) is 0 Å². The summed E-state index contributed by atoms with van der Waals surface area (Å²) >= 11 is 0. The van der Waals surface area contributed by atoms with Crippen LogP contribution in [0, 0.1) is 0 Å². The summed E-state index contributed by atoms with van der Waals surface area (Å²) in [5.41, 5.74) is 1.01. The van der Waals surface area contributed by atoms with E-state index in [1.54, 1.807) is 12.1 Å². The molecule has 0 amide bonds. The fourth-order valence-electron chi connectivity index (χ4n) is 1.89. The van der Waals surface area contributed by atoms with E-state index >= 15 is 0 Å². The minimum atomic E-state index is -1.21. The van der Waals surface area contributed by atoms with Crippen molar-refractivity contribution >= 4 is 5.97 Å². The normalized spacial score (nSPS) is 10.1. The predicted molar refractivity (Wildman–Crippen MR) is 88.3 cm³/mol. The van der Waals surface area contributed by atoms with Gasteiger partial charge < -0.3 is 28.8 Å². The molecule has 1 aromatic rings. The summed E-state index contributed by atoms with van der Waals surface area (Å²) < 4.78 is 21.4. The molecule has 7 heteroatoms. The molecule has 0 unspecified atom stereocenters. The number of hydrogen-bond acceptors (Lipinski definition) is 6. The molecule has 0 atom stereocenters. The second-order valence-electron chi connectivity index (χ2n) is 4.94. The minimum Gasteiger partial charge on any atom is -0.545 e. The number of carboxylic acids is 1. The van der Waals surface area contributed by atoms with Crippen molar-refractivity contribution in [3.05, 3.63) is 42.0 Å². The Morgan fingerprint density at radius 1 is 1.04 bits per heavy atom. The maximum atomic E-state index is 11.0. The van der Waals surface area contributed by atoms with Crippen LogP contribution in [0.25, 0.3) is 0 Å². The number of rotatable bonds is 14. The second kappa shape index (κ2) is 15.4. The van der Waals surface area contributed by atoms with Crippen molar-refractivity contribution < 1.29 is 58.4 Å². The number of carbonyl (C=O) groups excluding carboxylic acids is 1. The number of benzene rings is 1. The van der Waals surface area contributed by atoms with Crippen LogP contribution in [0.15, 0.2) is 30.9 Å². The van der Waals surface area contributed by atoms with Gasteiger partial charge in [-0.2, -0.15) is 0 Å². The molecule has 0 aliphatic rings. The van der Waals surface area contributed by atoms with Crippen molar-refractivity contribution in [1.29, 1.82) is 0 Å². The SMILES string of the molecule is C=CCOCCOCCOCCOc1cc(CC)cc(C(=O)[O-])c1.[Na+]. The van der Waals surface area contributed by atoms with Gasteiger partial charge in [-0.25, -0.2) is 0 Å². The Labute approximate surface area is 171 Å². The molecule has 0 saturated carbocycles. The number of ether oxygens (including phenoxy) is 4. The molecular weight excluding hydrogens is 335 g/mol. The molecule has 0 spiro atoms. The van der Waals surface area contributed by atoms with Gasteiger partial charge in [-0.1, -0.05) is 13.0 Å². The molecule has 0 bridgehead atoms. The molecule has 0 heterocycles. The zero-order valence-electron chi connectivity index (χ0n) is 15.1. The van der Waals surface area contributed by atoms with E-state index in [1.165, 1.54) is 6.07 Å². The summed E-state index contributed by atoms with van der Waals surface area (Å²) in [6, 6.07) is 4.87. The molecule has 6 nitrogen and oxygen atoms in total. The molecule has 25 heavy (non-hydrogen) atoms. The van der Waals surface area contributed by atoms with Crippen LogP contribution in [0.4, 0.5) is 0 Å². The summed E-state index contributed by atoms with van der Waals surface area (Å²) in [6.45, 7) is 8.75. The average molecular weight is 360 g/mol. The van der Waals surface area contributed by atoms with E-state index in [9.17, 15) is 9.90 Å². The second-order valence-corrected chi connectivity index (χ2v) is 4.94. The van der Waals surface area contributed by atoms with Crippen LogP contribution in [0.3, 0.4) is 0 Å². The van der Waals surface area contributed by atoms with E-state index in [0.29, 0.717) is 52.0 Å². The van der Waals surface area contributed by atoms with Gasteiger partial charge in [0.1, 0.15) is 12.4 Å². The minimum absolute atomic E-state index is 0. The number of hydrogen-bond donors (Lipinski definition) is 0. The predicted octanol–water partition coefficient (Wildman–Crippen LogP) is -1.77. The molecule has 0 saturated heterocycles. The van der Waals surface area contributed by atoms with Gasteiger partial charge in [0, 0.05) is 5.56 Å². The zero-order valence-corrected chi connectivity index (χ0v) is 17.1. The van der Waals surface area contributed by atoms with Gasteiger partial charge in [-0.05, 0) is 30.2 Å². The van der Waals surface area contributed by atoms with Crippen LogP contribution in [0.1, 0.15) is 22.8 Å². The van der Waals surface area contributed by atoms with Crippen molar-refractivity contribution in [2.75, 3.05) is 46.2 Å². The number of aromatic carboxylic acids is 1. The largest absolute Gasteiger partial charge is 1.00 e. The topological polar surface area (TPSA) is 77.0 Å². The summed E-state index contributed by atoms with van der Waals surface area (Å²) in [5, 5.41) is 11.0. The molecule has 0 aliphatic heterocycles. The first-order valence-electron chi connectivity index (χ1n) is 7.99. The van der Waals surface area contributed by atoms with Crippen molar-refractivity contribution in [2.24, 2.45) is 0 Å². The fraction of sp³-hybridized carbons (Fsp3) is 0.500. The van der Waals surface area contributed by atoms with E-state index in [4.69, 9.17) is 18.9 Å². The summed E-state index contributed by atoms with van der Waals surface area (Å²) in [5.74, 6) is -0.701. The van der Waals surface area contributed by atoms with E-state index in [2.05, 4.69) is 6.58 Å². The van der Waals surface area contributed by atoms with Gasteiger partial charge in [0.2, 0.25) is 0 Å². The van der Waals surface area contributed by atoms with Crippen molar-refractivity contribution in [2.45, 2.75) is 13.3 Å². The number of carboxylic acid groups (broad SMARTS) is 1. The maximum Gasteiger partial charge on any atom is 1.00 e. The van der Waals surface area contributed by atoms with Crippen LogP contribution >= 0.6 is 0 Å². The van der Waals surface area contributed by atoms with Crippen LogP contribution in [0.5, 0.6) is 5.75 Å². The number of carbonyl (C=O) groups is 1. The van der Waals surface area contributed by atoms with Crippen LogP contribution in [-0.2, 0) is 20.6 Å². The van der Waals surface area contributed by atoms with Gasteiger partial charge in [-0.3, -0.25) is 0 Å². The first-order valence-corrected chi connectivity index (χ1v) is 7.99. The first kappa shape index (κ1) is 24.1. The first-order chi connectivity index (χ1) is 11.7. The molecule has 0 radical (unpaired) electrons. The van der Waals surface area contributed by atoms with Crippen LogP contribution in [0.2, 0.25) is 0 Å². The van der Waals surface area contributed by atoms with Gasteiger partial charge in [0.25, 0.3) is 0 Å². The monoisotopic (exact) mass is 360 g/mol. The maximum absolute atomic E-state index is 11.0. The van der Waals surface area contributed by atoms with Crippen molar-refractivity contribution in [3.63, 3.8) is 0 Å². The van der Waals surface area contributed by atoms with Gasteiger partial charge in [-0.15, -0.1) is 6.58 Å². The van der Waals surface area contributed by atoms with Gasteiger partial charge in [0.05, 0.1) is 45.6 Å². The molecule has 134 valence electrons. The average Bonchev–Trinajstić information content (AvgIpc) is 2.59. The standard InChI is InChI=1S/C18H26O6.Na/c1-3-5-21-6-7-22-8-9-23-10-11-24-17-13-15(4-2)12-16(14-17)18(19)20;/h3,12-14H,1,4-11H2,2H3,(H,19,20);/q;+1/p-1. The van der Waals surface area contributed by atoms with Crippen molar-refractivity contribution in [3.8, 4) is 5.75 Å². The molecular formula is C18H25NaO6. The third-order valence-electron chi connectivity index (χ3n) is 3.09. The van der Waals surface area contributed by atoms with E-state index in [-0.39, 0.29) is 35.1 Å². The summed E-state index contributed by atoms with van der Waals surface area (Å²) in [6.07, 6.45) is 2.41. The molecule has 1 aromatic carbocycles. The van der Waals surface area contributed by atoms with E-state index in [1.807, 2.05) is 13.0 Å². The Morgan fingerprint density at radius 2 is 1.64 bits per heavy atom. The summed E-state index contributed by atoms with van der Waals surface area (Å²) in [4.78, 5) is 11.0.